The lowest BCUT2D eigenvalue weighted by Gasteiger charge is -2.63. The lowest BCUT2D eigenvalue weighted by atomic mass is 9.48. The van der Waals surface area contributed by atoms with Gasteiger partial charge in [-0.25, -0.2) is 0 Å². The summed E-state index contributed by atoms with van der Waals surface area (Å²) in [4.78, 5) is 14.2. The zero-order chi connectivity index (χ0) is 18.3. The fourth-order valence-electron chi connectivity index (χ4n) is 6.20. The van der Waals surface area contributed by atoms with Gasteiger partial charge in [-0.2, -0.15) is 0 Å². The van der Waals surface area contributed by atoms with Gasteiger partial charge in [0.1, 0.15) is 11.9 Å². The lowest BCUT2D eigenvalue weighted by Crippen LogP contribution is -2.77. The van der Waals surface area contributed by atoms with Crippen LogP contribution < -0.4 is 10.5 Å². The molecule has 2 aliphatic heterocycles. The summed E-state index contributed by atoms with van der Waals surface area (Å²) in [5.41, 5.74) is 6.24. The van der Waals surface area contributed by atoms with Crippen molar-refractivity contribution >= 4 is 5.91 Å². The zero-order valence-corrected chi connectivity index (χ0v) is 14.6. The van der Waals surface area contributed by atoms with E-state index in [1.807, 2.05) is 12.1 Å². The molecule has 2 aliphatic carbocycles. The number of piperidine rings is 1. The maximum atomic E-state index is 12.0. The molecule has 1 aromatic rings. The van der Waals surface area contributed by atoms with Gasteiger partial charge in [0.05, 0.1) is 22.7 Å². The number of hydrogen-bond donors (Lipinski definition) is 3. The molecule has 0 radical (unpaired) electrons. The number of primary amides is 1. The number of likely N-dealkylation sites (tertiary alicyclic amines) is 1. The number of nitrogens with two attached hydrogens (primary N) is 1. The molecule has 1 aromatic carbocycles. The highest BCUT2D eigenvalue weighted by molar-refractivity contribution is 5.97. The van der Waals surface area contributed by atoms with E-state index in [1.54, 1.807) is 6.07 Å². The van der Waals surface area contributed by atoms with Crippen molar-refractivity contribution in [3.05, 3.63) is 41.5 Å². The number of benzene rings is 1. The molecule has 4 N–H and O–H groups in total. The second-order valence-electron chi connectivity index (χ2n) is 8.13. The van der Waals surface area contributed by atoms with Crippen LogP contribution in [0.4, 0.5) is 0 Å². The van der Waals surface area contributed by atoms with Gasteiger partial charge in [0.15, 0.2) is 0 Å². The molecule has 2 bridgehead atoms. The number of carbonyl (C=O) groups is 1. The number of nitrogens with zero attached hydrogens (tertiary/aromatic N) is 1. The van der Waals surface area contributed by atoms with Crippen molar-refractivity contribution in [1.29, 1.82) is 0 Å². The van der Waals surface area contributed by atoms with Gasteiger partial charge in [-0.15, -0.1) is 6.58 Å². The van der Waals surface area contributed by atoms with Crippen LogP contribution in [0.1, 0.15) is 40.7 Å². The van der Waals surface area contributed by atoms with Crippen molar-refractivity contribution in [2.24, 2.45) is 5.73 Å². The number of hydrogen-bond acceptors (Lipinski definition) is 5. The Morgan fingerprint density at radius 2 is 2.27 bits per heavy atom. The Kier molecular flexibility index (Phi) is 3.19. The minimum atomic E-state index is -0.993. The van der Waals surface area contributed by atoms with Crippen molar-refractivity contribution in [2.75, 3.05) is 13.1 Å². The summed E-state index contributed by atoms with van der Waals surface area (Å²) in [6.45, 7) is 5.38. The van der Waals surface area contributed by atoms with E-state index in [-0.39, 0.29) is 6.04 Å². The van der Waals surface area contributed by atoms with Crippen LogP contribution in [-0.4, -0.2) is 58.0 Å². The second-order valence-corrected chi connectivity index (χ2v) is 8.13. The molecular weight excluding hydrogens is 332 g/mol. The number of ether oxygens (including phenoxy) is 1. The summed E-state index contributed by atoms with van der Waals surface area (Å²) in [6.07, 6.45) is 3.05. The number of aliphatic hydroxyl groups excluding tert-OH is 1. The number of carbonyl (C=O) groups excluding carboxylic acids is 1. The first-order valence-electron chi connectivity index (χ1n) is 9.32. The maximum absolute atomic E-state index is 12.0. The summed E-state index contributed by atoms with van der Waals surface area (Å²) in [5, 5.41) is 22.7. The van der Waals surface area contributed by atoms with E-state index in [0.29, 0.717) is 37.0 Å². The predicted molar refractivity (Wildman–Crippen MR) is 95.1 cm³/mol. The molecule has 138 valence electrons. The number of rotatable bonds is 3. The summed E-state index contributed by atoms with van der Waals surface area (Å²) in [5.74, 6) is -0.0583. The minimum absolute atomic E-state index is 0.0503. The van der Waals surface area contributed by atoms with Crippen molar-refractivity contribution in [3.63, 3.8) is 0 Å². The molecule has 1 spiro atoms. The molecular formula is C20H24N2O4. The second kappa shape index (κ2) is 5.09. The molecule has 5 rings (SSSR count). The lowest BCUT2D eigenvalue weighted by molar-refractivity contribution is -0.206. The average Bonchev–Trinajstić information content (AvgIpc) is 2.95. The van der Waals surface area contributed by atoms with Crippen LogP contribution in [0, 0.1) is 0 Å². The van der Waals surface area contributed by atoms with Gasteiger partial charge in [0.25, 0.3) is 5.91 Å². The largest absolute Gasteiger partial charge is 0.486 e. The van der Waals surface area contributed by atoms with Crippen molar-refractivity contribution < 1.29 is 19.7 Å². The number of aliphatic hydroxyl groups is 2. The Morgan fingerprint density at radius 3 is 3.00 bits per heavy atom. The Hall–Kier alpha value is -1.89. The summed E-state index contributed by atoms with van der Waals surface area (Å²) < 4.78 is 6.19. The first-order chi connectivity index (χ1) is 12.4. The molecule has 1 unspecified atom stereocenters. The van der Waals surface area contributed by atoms with Crippen LogP contribution in [0.5, 0.6) is 5.75 Å². The summed E-state index contributed by atoms with van der Waals surface area (Å²) in [6, 6.07) is 3.61. The molecule has 2 heterocycles. The first-order valence-corrected chi connectivity index (χ1v) is 9.32. The Labute approximate surface area is 152 Å². The molecule has 1 saturated carbocycles. The molecule has 1 amide bonds. The molecule has 1 saturated heterocycles. The van der Waals surface area contributed by atoms with Gasteiger partial charge in [-0.3, -0.25) is 9.69 Å². The molecule has 26 heavy (non-hydrogen) atoms. The van der Waals surface area contributed by atoms with Gasteiger partial charge < -0.3 is 20.7 Å². The fraction of sp³-hybridized carbons (Fsp3) is 0.550. The van der Waals surface area contributed by atoms with Crippen LogP contribution >= 0.6 is 0 Å². The SMILES string of the molecule is C=CCN1CCC23c4c5ccc(C(N)=O)c4O[C@H]2[C@H](O)CC[C@@]3(O)[C@H]1C5. The topological polar surface area (TPSA) is 96.0 Å². The van der Waals surface area contributed by atoms with E-state index in [1.165, 1.54) is 0 Å². The van der Waals surface area contributed by atoms with Crippen molar-refractivity contribution in [2.45, 2.75) is 54.9 Å². The van der Waals surface area contributed by atoms with Crippen LogP contribution in [-0.2, 0) is 11.8 Å². The van der Waals surface area contributed by atoms with E-state index in [4.69, 9.17) is 10.5 Å². The fourth-order valence-corrected chi connectivity index (χ4v) is 6.20. The van der Waals surface area contributed by atoms with Gasteiger partial charge in [-0.1, -0.05) is 12.1 Å². The molecule has 6 heteroatoms. The van der Waals surface area contributed by atoms with Gasteiger partial charge >= 0.3 is 0 Å². The van der Waals surface area contributed by atoms with Crippen molar-refractivity contribution in [1.82, 2.24) is 4.90 Å². The molecule has 5 atom stereocenters. The number of amides is 1. The third-order valence-corrected chi connectivity index (χ3v) is 7.19. The summed E-state index contributed by atoms with van der Waals surface area (Å²) in [7, 11) is 0. The monoisotopic (exact) mass is 356 g/mol. The highest BCUT2D eigenvalue weighted by Crippen LogP contribution is 2.64. The minimum Gasteiger partial charge on any atom is -0.486 e. The normalized spacial score (nSPS) is 39.8. The van der Waals surface area contributed by atoms with E-state index in [9.17, 15) is 15.0 Å². The Balaban J connectivity index is 1.79. The standard InChI is InChI=1S/C20H24N2O4/c1-2-8-22-9-7-19-15-11-3-4-12(18(21)24)16(15)26-17(19)13(23)5-6-20(19,25)14(22)10-11/h2-4,13-14,17,23,25H,1,5-10H2,(H2,21,24)/t13-,14-,17+,19?,20-/m1/s1. The molecule has 4 aliphatic rings. The molecule has 6 nitrogen and oxygen atoms in total. The predicted octanol–water partition coefficient (Wildman–Crippen LogP) is 0.486. The Bertz CT molecular complexity index is 824. The first kappa shape index (κ1) is 16.3. The van der Waals surface area contributed by atoms with Crippen LogP contribution in [0.3, 0.4) is 0 Å². The zero-order valence-electron chi connectivity index (χ0n) is 14.6. The van der Waals surface area contributed by atoms with E-state index in [2.05, 4.69) is 11.5 Å². The molecule has 2 fully saturated rings. The van der Waals surface area contributed by atoms with Gasteiger partial charge in [0, 0.05) is 18.2 Å². The van der Waals surface area contributed by atoms with E-state index >= 15 is 0 Å². The van der Waals surface area contributed by atoms with Crippen LogP contribution in [0.25, 0.3) is 0 Å². The highest BCUT2D eigenvalue weighted by atomic mass is 16.5. The van der Waals surface area contributed by atoms with Gasteiger partial charge in [0.2, 0.25) is 0 Å². The summed E-state index contributed by atoms with van der Waals surface area (Å²) >= 11 is 0. The van der Waals surface area contributed by atoms with Crippen molar-refractivity contribution in [3.8, 4) is 5.75 Å². The third kappa shape index (κ3) is 1.66. The van der Waals surface area contributed by atoms with Crippen LogP contribution in [0.2, 0.25) is 0 Å². The molecule has 0 aromatic heterocycles. The smallest absolute Gasteiger partial charge is 0.252 e. The van der Waals surface area contributed by atoms with E-state index < -0.39 is 29.1 Å². The Morgan fingerprint density at radius 1 is 1.46 bits per heavy atom. The third-order valence-electron chi connectivity index (χ3n) is 7.19. The quantitative estimate of drug-likeness (QED) is 0.685. The van der Waals surface area contributed by atoms with E-state index in [0.717, 1.165) is 24.2 Å². The maximum Gasteiger partial charge on any atom is 0.252 e. The highest BCUT2D eigenvalue weighted by Gasteiger charge is 2.72. The average molecular weight is 356 g/mol. The van der Waals surface area contributed by atoms with Gasteiger partial charge in [-0.05, 0) is 43.9 Å². The van der Waals surface area contributed by atoms with Crippen LogP contribution in [0.15, 0.2) is 24.8 Å².